The first-order valence-corrected chi connectivity index (χ1v) is 4.17. The summed E-state index contributed by atoms with van der Waals surface area (Å²) in [7, 11) is 0. The lowest BCUT2D eigenvalue weighted by Gasteiger charge is -2.11. The Balaban J connectivity index is 2.31. The number of nitrogens with zero attached hydrogens (tertiary/aromatic N) is 2. The van der Waals surface area contributed by atoms with Crippen LogP contribution in [0.1, 0.15) is 17.5 Å². The number of rotatable bonds is 3. The minimum atomic E-state index is -0.251. The molecule has 0 saturated heterocycles. The van der Waals surface area contributed by atoms with Gasteiger partial charge in [0.2, 0.25) is 0 Å². The molecule has 0 aromatic carbocycles. The maximum atomic E-state index is 5.42. The number of hydrogen-bond donors (Lipinski definition) is 2. The molecule has 2 aromatic heterocycles. The Morgan fingerprint density at radius 3 is 2.93 bits per heavy atom. The van der Waals surface area contributed by atoms with Crippen LogP contribution in [0.2, 0.25) is 0 Å². The van der Waals surface area contributed by atoms with Crippen molar-refractivity contribution >= 4 is 0 Å². The van der Waals surface area contributed by atoms with E-state index in [0.29, 0.717) is 5.76 Å². The Labute approximate surface area is 80.9 Å². The molecule has 1 unspecified atom stereocenters. The fourth-order valence-corrected chi connectivity index (χ4v) is 1.23. The van der Waals surface area contributed by atoms with E-state index in [4.69, 9.17) is 10.3 Å². The zero-order chi connectivity index (χ0) is 9.80. The van der Waals surface area contributed by atoms with E-state index in [0.717, 1.165) is 5.69 Å². The van der Waals surface area contributed by atoms with Crippen LogP contribution >= 0.6 is 0 Å². The highest BCUT2D eigenvalue weighted by molar-refractivity contribution is 5.16. The number of furan rings is 1. The summed E-state index contributed by atoms with van der Waals surface area (Å²) < 4.78 is 5.23. The Hall–Kier alpha value is -1.72. The Kier molecular flexibility index (Phi) is 2.53. The quantitative estimate of drug-likeness (QED) is 0.548. The van der Waals surface area contributed by atoms with Gasteiger partial charge in [-0.05, 0) is 12.1 Å². The van der Waals surface area contributed by atoms with E-state index in [1.807, 2.05) is 6.07 Å². The second-order valence-corrected chi connectivity index (χ2v) is 2.75. The fourth-order valence-electron chi connectivity index (χ4n) is 1.23. The lowest BCUT2D eigenvalue weighted by molar-refractivity contribution is 0.446. The van der Waals surface area contributed by atoms with Crippen LogP contribution in [0.25, 0.3) is 0 Å². The first-order chi connectivity index (χ1) is 6.92. The molecule has 0 spiro atoms. The third-order valence-electron chi connectivity index (χ3n) is 1.87. The molecule has 0 fully saturated rings. The van der Waals surface area contributed by atoms with E-state index in [2.05, 4.69) is 15.4 Å². The molecular weight excluding hydrogens is 180 g/mol. The second-order valence-electron chi connectivity index (χ2n) is 2.75. The van der Waals surface area contributed by atoms with Crippen molar-refractivity contribution in [3.8, 4) is 0 Å². The molecule has 2 aromatic rings. The summed E-state index contributed by atoms with van der Waals surface area (Å²) in [6.45, 7) is 0. The molecule has 0 saturated carbocycles. The maximum Gasteiger partial charge on any atom is 0.128 e. The molecule has 5 heteroatoms. The summed E-state index contributed by atoms with van der Waals surface area (Å²) in [5, 5.41) is 0. The zero-order valence-corrected chi connectivity index (χ0v) is 7.42. The van der Waals surface area contributed by atoms with E-state index >= 15 is 0 Å². The molecule has 0 aliphatic carbocycles. The van der Waals surface area contributed by atoms with Gasteiger partial charge in [0.25, 0.3) is 0 Å². The Morgan fingerprint density at radius 2 is 2.36 bits per heavy atom. The molecule has 0 bridgehead atoms. The minimum absolute atomic E-state index is 0.251. The predicted molar refractivity (Wildman–Crippen MR) is 49.9 cm³/mol. The van der Waals surface area contributed by atoms with Crippen molar-refractivity contribution in [3.05, 3.63) is 48.4 Å². The highest BCUT2D eigenvalue weighted by Gasteiger charge is 2.15. The monoisotopic (exact) mass is 190 g/mol. The van der Waals surface area contributed by atoms with Crippen LogP contribution in [0, 0.1) is 0 Å². The average molecular weight is 190 g/mol. The fraction of sp³-hybridized carbons (Fsp3) is 0.111. The summed E-state index contributed by atoms with van der Waals surface area (Å²) >= 11 is 0. The number of hydrazine groups is 1. The van der Waals surface area contributed by atoms with E-state index in [1.54, 1.807) is 30.9 Å². The largest absolute Gasteiger partial charge is 0.467 e. The molecule has 1 atom stereocenters. The minimum Gasteiger partial charge on any atom is -0.467 e. The van der Waals surface area contributed by atoms with Crippen LogP contribution in [0.3, 0.4) is 0 Å². The third kappa shape index (κ3) is 1.63. The van der Waals surface area contributed by atoms with Crippen molar-refractivity contribution in [1.29, 1.82) is 0 Å². The maximum absolute atomic E-state index is 5.42. The molecule has 0 aliphatic rings. The SMILES string of the molecule is NNC(c1cnccn1)c1ccco1. The smallest absolute Gasteiger partial charge is 0.128 e. The molecule has 3 N–H and O–H groups in total. The highest BCUT2D eigenvalue weighted by Crippen LogP contribution is 2.18. The van der Waals surface area contributed by atoms with Gasteiger partial charge >= 0.3 is 0 Å². The average Bonchev–Trinajstić information content (AvgIpc) is 2.74. The number of nitrogens with one attached hydrogen (secondary N) is 1. The van der Waals surface area contributed by atoms with Gasteiger partial charge in [-0.2, -0.15) is 0 Å². The summed E-state index contributed by atoms with van der Waals surface area (Å²) in [4.78, 5) is 8.10. The normalized spacial score (nSPS) is 12.6. The van der Waals surface area contributed by atoms with Crippen molar-refractivity contribution in [1.82, 2.24) is 15.4 Å². The second kappa shape index (κ2) is 3.99. The highest BCUT2D eigenvalue weighted by atomic mass is 16.3. The molecule has 0 radical (unpaired) electrons. The topological polar surface area (TPSA) is 77.0 Å². The summed E-state index contributed by atoms with van der Waals surface area (Å²) in [5.74, 6) is 6.13. The molecule has 2 heterocycles. The van der Waals surface area contributed by atoms with Gasteiger partial charge in [0, 0.05) is 12.4 Å². The lowest BCUT2D eigenvalue weighted by Crippen LogP contribution is -2.29. The summed E-state index contributed by atoms with van der Waals surface area (Å²) in [5.41, 5.74) is 3.35. The summed E-state index contributed by atoms with van der Waals surface area (Å²) in [6, 6.07) is 3.38. The Morgan fingerprint density at radius 1 is 1.43 bits per heavy atom. The molecule has 2 rings (SSSR count). The lowest BCUT2D eigenvalue weighted by atomic mass is 10.2. The van der Waals surface area contributed by atoms with E-state index in [9.17, 15) is 0 Å². The number of nitrogens with two attached hydrogens (primary N) is 1. The molecule has 72 valence electrons. The van der Waals surface area contributed by atoms with Gasteiger partial charge in [-0.1, -0.05) is 0 Å². The van der Waals surface area contributed by atoms with Gasteiger partial charge in [0.05, 0.1) is 18.2 Å². The van der Waals surface area contributed by atoms with Crippen molar-refractivity contribution in [3.63, 3.8) is 0 Å². The number of aromatic nitrogens is 2. The van der Waals surface area contributed by atoms with Crippen LogP contribution in [0.5, 0.6) is 0 Å². The van der Waals surface area contributed by atoms with Crippen LogP contribution < -0.4 is 11.3 Å². The van der Waals surface area contributed by atoms with Crippen molar-refractivity contribution in [2.24, 2.45) is 5.84 Å². The van der Waals surface area contributed by atoms with Crippen LogP contribution in [0.4, 0.5) is 0 Å². The zero-order valence-electron chi connectivity index (χ0n) is 7.42. The van der Waals surface area contributed by atoms with E-state index < -0.39 is 0 Å². The van der Waals surface area contributed by atoms with Gasteiger partial charge in [-0.15, -0.1) is 0 Å². The van der Waals surface area contributed by atoms with Gasteiger partial charge in [0.1, 0.15) is 11.8 Å². The molecule has 14 heavy (non-hydrogen) atoms. The van der Waals surface area contributed by atoms with Crippen molar-refractivity contribution < 1.29 is 4.42 Å². The number of hydrogen-bond acceptors (Lipinski definition) is 5. The molecule has 5 nitrogen and oxygen atoms in total. The van der Waals surface area contributed by atoms with Gasteiger partial charge < -0.3 is 4.42 Å². The standard InChI is InChI=1S/C9H10N4O/c10-13-9(8-2-1-5-14-8)7-6-11-3-4-12-7/h1-6,9,13H,10H2. The van der Waals surface area contributed by atoms with Crippen LogP contribution in [-0.2, 0) is 0 Å². The summed E-state index contributed by atoms with van der Waals surface area (Å²) in [6.07, 6.45) is 6.46. The van der Waals surface area contributed by atoms with Gasteiger partial charge in [-0.25, -0.2) is 5.43 Å². The predicted octanol–water partition coefficient (Wildman–Crippen LogP) is 0.622. The van der Waals surface area contributed by atoms with Crippen molar-refractivity contribution in [2.75, 3.05) is 0 Å². The Bertz CT molecular complexity index is 373. The van der Waals surface area contributed by atoms with E-state index in [-0.39, 0.29) is 6.04 Å². The van der Waals surface area contributed by atoms with Crippen LogP contribution in [-0.4, -0.2) is 9.97 Å². The van der Waals surface area contributed by atoms with E-state index in [1.165, 1.54) is 0 Å². The van der Waals surface area contributed by atoms with Gasteiger partial charge in [-0.3, -0.25) is 15.8 Å². The van der Waals surface area contributed by atoms with Crippen molar-refractivity contribution in [2.45, 2.75) is 6.04 Å². The molecule has 0 aliphatic heterocycles. The van der Waals surface area contributed by atoms with Gasteiger partial charge in [0.15, 0.2) is 0 Å². The molecular formula is C9H10N4O. The molecule has 0 amide bonds. The first kappa shape index (κ1) is 8.86. The van der Waals surface area contributed by atoms with Crippen LogP contribution in [0.15, 0.2) is 41.4 Å². The first-order valence-electron chi connectivity index (χ1n) is 4.17. The third-order valence-corrected chi connectivity index (χ3v) is 1.87.